The standard InChI is InChI=1S/C25H36O5/c1-17-6-11-22-24(3,21(17)15-29-18(2)27)13-12-23(25(22,4)16-26)30-14-19-7-9-20(28-5)10-8-19/h7-10,21-23,26H,1,6,11-16H2,2-5H3/t21-,22+,23-,24+,25-/m0/s1. The number of aliphatic hydroxyl groups is 1. The Morgan fingerprint density at radius 2 is 1.93 bits per heavy atom. The predicted octanol–water partition coefficient (Wildman–Crippen LogP) is 4.52. The lowest BCUT2D eigenvalue weighted by molar-refractivity contribution is -0.182. The summed E-state index contributed by atoms with van der Waals surface area (Å²) in [6, 6.07) is 7.91. The second-order valence-corrected chi connectivity index (χ2v) is 9.46. The van der Waals surface area contributed by atoms with E-state index >= 15 is 0 Å². The van der Waals surface area contributed by atoms with Crippen LogP contribution in [0.1, 0.15) is 52.0 Å². The molecule has 0 saturated heterocycles. The molecular weight excluding hydrogens is 380 g/mol. The zero-order valence-electron chi connectivity index (χ0n) is 18.8. The molecule has 1 aromatic carbocycles. The molecule has 3 rings (SSSR count). The molecule has 1 aromatic rings. The SMILES string of the molecule is C=C1CC[C@H]2[C@](C)(CO)[C@@H](OCc3ccc(OC)cc3)CC[C@]2(C)[C@H]1COC(C)=O. The Kier molecular flexibility index (Phi) is 6.93. The Hall–Kier alpha value is -1.85. The molecule has 2 fully saturated rings. The summed E-state index contributed by atoms with van der Waals surface area (Å²) in [4.78, 5) is 11.4. The van der Waals surface area contributed by atoms with Crippen molar-refractivity contribution in [2.45, 2.75) is 59.2 Å². The van der Waals surface area contributed by atoms with Gasteiger partial charge in [0.25, 0.3) is 0 Å². The van der Waals surface area contributed by atoms with Crippen molar-refractivity contribution in [3.05, 3.63) is 42.0 Å². The maximum absolute atomic E-state index is 11.4. The fraction of sp³-hybridized carbons (Fsp3) is 0.640. The molecule has 1 N–H and O–H groups in total. The molecule has 0 bridgehead atoms. The molecule has 0 aromatic heterocycles. The van der Waals surface area contributed by atoms with E-state index in [-0.39, 0.29) is 41.3 Å². The maximum atomic E-state index is 11.4. The average Bonchev–Trinajstić information content (AvgIpc) is 2.72. The van der Waals surface area contributed by atoms with Gasteiger partial charge >= 0.3 is 5.97 Å². The van der Waals surface area contributed by atoms with Gasteiger partial charge in [-0.1, -0.05) is 38.1 Å². The van der Waals surface area contributed by atoms with Crippen molar-refractivity contribution in [3.63, 3.8) is 0 Å². The van der Waals surface area contributed by atoms with Crippen LogP contribution in [-0.4, -0.2) is 37.5 Å². The van der Waals surface area contributed by atoms with Crippen molar-refractivity contribution in [2.24, 2.45) is 22.7 Å². The third-order valence-corrected chi connectivity index (χ3v) is 7.72. The van der Waals surface area contributed by atoms with Crippen LogP contribution in [0.5, 0.6) is 5.75 Å². The molecule has 5 heteroatoms. The van der Waals surface area contributed by atoms with E-state index in [9.17, 15) is 9.90 Å². The van der Waals surface area contributed by atoms with Crippen molar-refractivity contribution in [1.29, 1.82) is 0 Å². The molecule has 0 amide bonds. The average molecular weight is 417 g/mol. The number of aliphatic hydroxyl groups excluding tert-OH is 1. The maximum Gasteiger partial charge on any atom is 0.302 e. The van der Waals surface area contributed by atoms with E-state index in [0.717, 1.165) is 42.6 Å². The molecule has 0 heterocycles. The Morgan fingerprint density at radius 1 is 1.23 bits per heavy atom. The summed E-state index contributed by atoms with van der Waals surface area (Å²) in [6.07, 6.45) is 3.68. The van der Waals surface area contributed by atoms with Gasteiger partial charge in [-0.05, 0) is 54.7 Å². The van der Waals surface area contributed by atoms with Crippen LogP contribution in [-0.2, 0) is 20.9 Å². The molecule has 0 radical (unpaired) electrons. The van der Waals surface area contributed by atoms with Crippen LogP contribution in [0, 0.1) is 22.7 Å². The van der Waals surface area contributed by atoms with Gasteiger partial charge in [0.05, 0.1) is 33.0 Å². The number of fused-ring (bicyclic) bond motifs is 1. The first kappa shape index (κ1) is 22.8. The second kappa shape index (κ2) is 9.11. The molecule has 0 spiro atoms. The first-order valence-corrected chi connectivity index (χ1v) is 10.9. The number of carbonyl (C=O) groups excluding carboxylic acids is 1. The van der Waals surface area contributed by atoms with Crippen LogP contribution >= 0.6 is 0 Å². The Labute approximate surface area is 180 Å². The van der Waals surface area contributed by atoms with Crippen LogP contribution in [0.2, 0.25) is 0 Å². The molecule has 2 saturated carbocycles. The Bertz CT molecular complexity index is 757. The smallest absolute Gasteiger partial charge is 0.302 e. The zero-order valence-corrected chi connectivity index (χ0v) is 18.8. The van der Waals surface area contributed by atoms with Gasteiger partial charge in [-0.25, -0.2) is 0 Å². The lowest BCUT2D eigenvalue weighted by atomic mass is 9.46. The van der Waals surface area contributed by atoms with Crippen molar-refractivity contribution in [1.82, 2.24) is 0 Å². The van der Waals surface area contributed by atoms with E-state index in [1.807, 2.05) is 24.3 Å². The second-order valence-electron chi connectivity index (χ2n) is 9.46. The summed E-state index contributed by atoms with van der Waals surface area (Å²) in [5, 5.41) is 10.5. The summed E-state index contributed by atoms with van der Waals surface area (Å²) < 4.78 is 17.0. The number of carbonyl (C=O) groups is 1. The highest BCUT2D eigenvalue weighted by atomic mass is 16.5. The molecule has 5 nitrogen and oxygen atoms in total. The molecule has 2 aliphatic carbocycles. The van der Waals surface area contributed by atoms with Crippen LogP contribution in [0.4, 0.5) is 0 Å². The highest BCUT2D eigenvalue weighted by Crippen LogP contribution is 2.61. The molecule has 166 valence electrons. The summed E-state index contributed by atoms with van der Waals surface area (Å²) in [7, 11) is 1.66. The molecule has 0 aliphatic heterocycles. The minimum atomic E-state index is -0.353. The first-order chi connectivity index (χ1) is 14.2. The lowest BCUT2D eigenvalue weighted by Crippen LogP contribution is -2.58. The highest BCUT2D eigenvalue weighted by molar-refractivity contribution is 5.65. The fourth-order valence-electron chi connectivity index (χ4n) is 5.88. The number of ether oxygens (including phenoxy) is 3. The molecule has 2 aliphatic rings. The van der Waals surface area contributed by atoms with Gasteiger partial charge in [0, 0.05) is 18.3 Å². The largest absolute Gasteiger partial charge is 0.497 e. The van der Waals surface area contributed by atoms with E-state index in [1.54, 1.807) is 7.11 Å². The first-order valence-electron chi connectivity index (χ1n) is 10.9. The monoisotopic (exact) mass is 416 g/mol. The summed E-state index contributed by atoms with van der Waals surface area (Å²) in [5.74, 6) is 0.966. The summed E-state index contributed by atoms with van der Waals surface area (Å²) in [6.45, 7) is 11.2. The van der Waals surface area contributed by atoms with Crippen molar-refractivity contribution in [2.75, 3.05) is 20.3 Å². The number of hydrogen-bond acceptors (Lipinski definition) is 5. The van der Waals surface area contributed by atoms with E-state index < -0.39 is 0 Å². The third kappa shape index (κ3) is 4.28. The van der Waals surface area contributed by atoms with Gasteiger partial charge in [-0.15, -0.1) is 0 Å². The predicted molar refractivity (Wildman–Crippen MR) is 116 cm³/mol. The Balaban J connectivity index is 1.77. The lowest BCUT2D eigenvalue weighted by Gasteiger charge is -2.60. The van der Waals surface area contributed by atoms with Gasteiger partial charge in [-0.3, -0.25) is 4.79 Å². The van der Waals surface area contributed by atoms with Crippen molar-refractivity contribution in [3.8, 4) is 5.75 Å². The molecular formula is C25H36O5. The topological polar surface area (TPSA) is 65.0 Å². The van der Waals surface area contributed by atoms with Gasteiger partial charge in [-0.2, -0.15) is 0 Å². The number of benzene rings is 1. The quantitative estimate of drug-likeness (QED) is 0.523. The van der Waals surface area contributed by atoms with Gasteiger partial charge in [0.2, 0.25) is 0 Å². The van der Waals surface area contributed by atoms with Crippen LogP contribution < -0.4 is 4.74 Å². The highest BCUT2D eigenvalue weighted by Gasteiger charge is 2.58. The van der Waals surface area contributed by atoms with E-state index in [1.165, 1.54) is 6.92 Å². The van der Waals surface area contributed by atoms with E-state index in [2.05, 4.69) is 20.4 Å². The molecule has 30 heavy (non-hydrogen) atoms. The number of methoxy groups -OCH3 is 1. The summed E-state index contributed by atoms with van der Waals surface area (Å²) in [5.41, 5.74) is 1.83. The number of rotatable bonds is 7. The summed E-state index contributed by atoms with van der Waals surface area (Å²) >= 11 is 0. The van der Waals surface area contributed by atoms with Crippen LogP contribution in [0.25, 0.3) is 0 Å². The normalized spacial score (nSPS) is 33.6. The van der Waals surface area contributed by atoms with E-state index in [4.69, 9.17) is 14.2 Å². The zero-order chi connectivity index (χ0) is 21.9. The van der Waals surface area contributed by atoms with E-state index in [0.29, 0.717) is 13.2 Å². The minimum absolute atomic E-state index is 0.0246. The molecule has 5 atom stereocenters. The number of esters is 1. The van der Waals surface area contributed by atoms with Gasteiger partial charge in [0.1, 0.15) is 5.75 Å². The fourth-order valence-corrected chi connectivity index (χ4v) is 5.88. The van der Waals surface area contributed by atoms with Gasteiger partial charge < -0.3 is 19.3 Å². The van der Waals surface area contributed by atoms with Crippen molar-refractivity contribution >= 4 is 5.97 Å². The van der Waals surface area contributed by atoms with Crippen molar-refractivity contribution < 1.29 is 24.1 Å². The third-order valence-electron chi connectivity index (χ3n) is 7.72. The Morgan fingerprint density at radius 3 is 2.53 bits per heavy atom. The van der Waals surface area contributed by atoms with Crippen LogP contribution in [0.3, 0.4) is 0 Å². The number of hydrogen-bond donors (Lipinski definition) is 1. The molecule has 0 unspecified atom stereocenters. The van der Waals surface area contributed by atoms with Gasteiger partial charge in [0.15, 0.2) is 0 Å². The van der Waals surface area contributed by atoms with Crippen LogP contribution in [0.15, 0.2) is 36.4 Å². The minimum Gasteiger partial charge on any atom is -0.497 e.